The van der Waals surface area contributed by atoms with Crippen LogP contribution in [0.2, 0.25) is 0 Å². The maximum absolute atomic E-state index is 11.1. The van der Waals surface area contributed by atoms with Gasteiger partial charge >= 0.3 is 0 Å². The minimum absolute atomic E-state index is 0.209. The Balaban J connectivity index is 2.58. The third-order valence-corrected chi connectivity index (χ3v) is 3.58. The Labute approximate surface area is 86.5 Å². The molecule has 1 aromatic heterocycles. The molecular formula is C7H9N3O2S2. The third kappa shape index (κ3) is 3.06. The summed E-state index contributed by atoms with van der Waals surface area (Å²) in [4.78, 5) is 4.85. The number of hydrogen-bond acceptors (Lipinski definition) is 5. The van der Waals surface area contributed by atoms with Crippen LogP contribution in [-0.2, 0) is 16.6 Å². The summed E-state index contributed by atoms with van der Waals surface area (Å²) in [5.41, 5.74) is 2.47. The van der Waals surface area contributed by atoms with Gasteiger partial charge in [0.25, 0.3) is 0 Å². The number of aryl methyl sites for hydroxylation is 1. The van der Waals surface area contributed by atoms with Crippen LogP contribution in [0.3, 0.4) is 0 Å². The van der Waals surface area contributed by atoms with Crippen molar-refractivity contribution < 1.29 is 8.42 Å². The first kappa shape index (κ1) is 11.1. The van der Waals surface area contributed by atoms with Crippen LogP contribution in [-0.4, -0.2) is 19.2 Å². The topological polar surface area (TPSA) is 82.8 Å². The Hall–Kier alpha value is -0.970. The van der Waals surface area contributed by atoms with E-state index in [2.05, 4.69) is 9.71 Å². The highest BCUT2D eigenvalue weighted by atomic mass is 32.2. The lowest BCUT2D eigenvalue weighted by atomic mass is 10.4. The first-order valence-corrected chi connectivity index (χ1v) is 6.31. The average molecular weight is 231 g/mol. The van der Waals surface area contributed by atoms with Crippen LogP contribution in [0.4, 0.5) is 0 Å². The highest BCUT2D eigenvalue weighted by Crippen LogP contribution is 2.11. The van der Waals surface area contributed by atoms with Crippen molar-refractivity contribution >= 4 is 21.4 Å². The Morgan fingerprint density at radius 2 is 2.43 bits per heavy atom. The summed E-state index contributed by atoms with van der Waals surface area (Å²) < 4.78 is 24.5. The van der Waals surface area contributed by atoms with E-state index in [0.29, 0.717) is 0 Å². The van der Waals surface area contributed by atoms with Gasteiger partial charge in [-0.25, -0.2) is 18.1 Å². The van der Waals surface area contributed by atoms with Gasteiger partial charge < -0.3 is 0 Å². The largest absolute Gasteiger partial charge is 0.250 e. The van der Waals surface area contributed by atoms with E-state index in [1.54, 1.807) is 11.6 Å². The molecule has 0 unspecified atom stereocenters. The lowest BCUT2D eigenvalue weighted by Gasteiger charge is -2.01. The minimum atomic E-state index is -3.46. The number of nitriles is 1. The zero-order chi connectivity index (χ0) is 10.6. The monoisotopic (exact) mass is 231 g/mol. The molecule has 0 aliphatic heterocycles. The number of hydrogen-bond donors (Lipinski definition) is 1. The predicted molar refractivity (Wildman–Crippen MR) is 53.1 cm³/mol. The van der Waals surface area contributed by atoms with E-state index in [-0.39, 0.29) is 6.54 Å². The summed E-state index contributed by atoms with van der Waals surface area (Å²) in [7, 11) is -3.46. The van der Waals surface area contributed by atoms with E-state index in [0.717, 1.165) is 10.6 Å². The summed E-state index contributed by atoms with van der Waals surface area (Å²) in [5.74, 6) is -0.509. The van der Waals surface area contributed by atoms with Crippen molar-refractivity contribution in [2.75, 3.05) is 5.75 Å². The second-order valence-corrected chi connectivity index (χ2v) is 5.35. The van der Waals surface area contributed by atoms with E-state index < -0.39 is 15.8 Å². The Bertz CT molecular complexity index is 444. The van der Waals surface area contributed by atoms with Crippen molar-refractivity contribution in [3.63, 3.8) is 0 Å². The number of sulfonamides is 1. The van der Waals surface area contributed by atoms with Gasteiger partial charge in [-0.1, -0.05) is 0 Å². The highest BCUT2D eigenvalue weighted by molar-refractivity contribution is 7.89. The number of rotatable bonds is 4. The predicted octanol–water partition coefficient (Wildman–Crippen LogP) is 0.395. The molecule has 0 spiro atoms. The van der Waals surface area contributed by atoms with Crippen molar-refractivity contribution in [3.05, 3.63) is 16.1 Å². The SMILES string of the molecule is Cc1ncsc1CNS(=O)(=O)CC#N. The summed E-state index contributed by atoms with van der Waals surface area (Å²) in [6.45, 7) is 2.02. The van der Waals surface area contributed by atoms with Gasteiger partial charge in [0.2, 0.25) is 10.0 Å². The molecule has 0 saturated carbocycles. The van der Waals surface area contributed by atoms with Crippen molar-refractivity contribution in [2.24, 2.45) is 0 Å². The molecule has 1 heterocycles. The minimum Gasteiger partial charge on any atom is -0.250 e. The van der Waals surface area contributed by atoms with Gasteiger partial charge in [0.15, 0.2) is 5.75 Å². The number of nitrogens with zero attached hydrogens (tertiary/aromatic N) is 2. The van der Waals surface area contributed by atoms with Crippen molar-refractivity contribution in [2.45, 2.75) is 13.5 Å². The van der Waals surface area contributed by atoms with Crippen molar-refractivity contribution in [3.8, 4) is 6.07 Å². The average Bonchev–Trinajstić information content (AvgIpc) is 2.48. The van der Waals surface area contributed by atoms with Gasteiger partial charge in [-0.2, -0.15) is 5.26 Å². The number of thiazole rings is 1. The molecule has 7 heteroatoms. The molecular weight excluding hydrogens is 222 g/mol. The quantitative estimate of drug-likeness (QED) is 0.812. The molecule has 0 saturated heterocycles. The van der Waals surface area contributed by atoms with Gasteiger partial charge in [-0.3, -0.25) is 0 Å². The van der Waals surface area contributed by atoms with E-state index in [1.807, 2.05) is 6.92 Å². The normalized spacial score (nSPS) is 11.1. The molecule has 0 radical (unpaired) electrons. The van der Waals surface area contributed by atoms with Gasteiger partial charge in [-0.15, -0.1) is 11.3 Å². The van der Waals surface area contributed by atoms with E-state index in [9.17, 15) is 8.42 Å². The van der Waals surface area contributed by atoms with Gasteiger partial charge in [-0.05, 0) is 6.92 Å². The Kier molecular flexibility index (Phi) is 3.57. The number of nitrogens with one attached hydrogen (secondary N) is 1. The molecule has 1 aromatic rings. The molecule has 0 fully saturated rings. The van der Waals surface area contributed by atoms with Crippen LogP contribution in [0.5, 0.6) is 0 Å². The van der Waals surface area contributed by atoms with Crippen LogP contribution in [0.1, 0.15) is 10.6 Å². The molecule has 0 amide bonds. The second kappa shape index (κ2) is 4.50. The second-order valence-electron chi connectivity index (χ2n) is 2.60. The molecule has 1 N–H and O–H groups in total. The maximum Gasteiger partial charge on any atom is 0.225 e. The molecule has 0 bridgehead atoms. The molecule has 0 aliphatic carbocycles. The standard InChI is InChI=1S/C7H9N3O2S2/c1-6-7(13-5-9-6)4-10-14(11,12)3-2-8/h5,10H,3-4H2,1H3. The molecule has 14 heavy (non-hydrogen) atoms. The van der Waals surface area contributed by atoms with Crippen LogP contribution in [0, 0.1) is 18.3 Å². The molecule has 76 valence electrons. The highest BCUT2D eigenvalue weighted by Gasteiger charge is 2.10. The zero-order valence-electron chi connectivity index (χ0n) is 7.52. The molecule has 5 nitrogen and oxygen atoms in total. The Morgan fingerprint density at radius 3 is 2.93 bits per heavy atom. The number of aromatic nitrogens is 1. The van der Waals surface area contributed by atoms with E-state index in [1.165, 1.54) is 11.3 Å². The van der Waals surface area contributed by atoms with E-state index >= 15 is 0 Å². The zero-order valence-corrected chi connectivity index (χ0v) is 9.15. The van der Waals surface area contributed by atoms with Crippen molar-refractivity contribution in [1.82, 2.24) is 9.71 Å². The summed E-state index contributed by atoms with van der Waals surface area (Å²) in [6, 6.07) is 1.59. The van der Waals surface area contributed by atoms with Gasteiger partial charge in [0, 0.05) is 11.4 Å². The fourth-order valence-electron chi connectivity index (χ4n) is 0.807. The molecule has 1 rings (SSSR count). The lowest BCUT2D eigenvalue weighted by Crippen LogP contribution is -2.25. The fraction of sp³-hybridized carbons (Fsp3) is 0.429. The van der Waals surface area contributed by atoms with Gasteiger partial charge in [0.1, 0.15) is 0 Å². The smallest absolute Gasteiger partial charge is 0.225 e. The van der Waals surface area contributed by atoms with Gasteiger partial charge in [0.05, 0.1) is 17.3 Å². The Morgan fingerprint density at radius 1 is 1.71 bits per heavy atom. The first-order valence-electron chi connectivity index (χ1n) is 3.78. The van der Waals surface area contributed by atoms with Crippen LogP contribution in [0.25, 0.3) is 0 Å². The van der Waals surface area contributed by atoms with Crippen LogP contribution in [0.15, 0.2) is 5.51 Å². The lowest BCUT2D eigenvalue weighted by molar-refractivity contribution is 0.585. The maximum atomic E-state index is 11.1. The van der Waals surface area contributed by atoms with E-state index in [4.69, 9.17) is 5.26 Å². The molecule has 0 atom stereocenters. The summed E-state index contributed by atoms with van der Waals surface area (Å²) in [6.07, 6.45) is 0. The fourth-order valence-corrected chi connectivity index (χ4v) is 2.25. The molecule has 0 aromatic carbocycles. The summed E-state index contributed by atoms with van der Waals surface area (Å²) >= 11 is 1.39. The third-order valence-electron chi connectivity index (χ3n) is 1.55. The molecule has 0 aliphatic rings. The van der Waals surface area contributed by atoms with Crippen LogP contribution >= 0.6 is 11.3 Å². The van der Waals surface area contributed by atoms with Crippen LogP contribution < -0.4 is 4.72 Å². The first-order chi connectivity index (χ1) is 6.55. The summed E-state index contributed by atoms with van der Waals surface area (Å²) in [5, 5.41) is 8.23. The van der Waals surface area contributed by atoms with Crippen molar-refractivity contribution in [1.29, 1.82) is 5.26 Å².